The van der Waals surface area contributed by atoms with Gasteiger partial charge in [-0.1, -0.05) is 72.7 Å². The minimum atomic E-state index is 0.777. The molecular formula is C26H40Cl4S8. The predicted molar refractivity (Wildman–Crippen MR) is 200 cm³/mol. The molecule has 2 heterocycles. The number of alkyl halides is 4. The zero-order valence-electron chi connectivity index (χ0n) is 21.9. The molecule has 0 atom stereocenters. The number of rotatable bonds is 24. The fourth-order valence-corrected chi connectivity index (χ4v) is 16.2. The average Bonchev–Trinajstić information content (AvgIpc) is 3.52. The lowest BCUT2D eigenvalue weighted by atomic mass is 10.3. The second-order valence-electron chi connectivity index (χ2n) is 8.53. The summed E-state index contributed by atoms with van der Waals surface area (Å²) < 4.78 is 9.05. The summed E-state index contributed by atoms with van der Waals surface area (Å²) in [4.78, 5) is 0. The minimum Gasteiger partial charge on any atom is -0.127 e. The van der Waals surface area contributed by atoms with Crippen molar-refractivity contribution in [2.24, 2.45) is 0 Å². The van der Waals surface area contributed by atoms with Crippen LogP contribution in [0, 0.1) is 0 Å². The van der Waals surface area contributed by atoms with E-state index in [0.717, 1.165) is 49.2 Å². The topological polar surface area (TPSA) is 0 Å². The maximum absolute atomic E-state index is 5.88. The van der Waals surface area contributed by atoms with Crippen LogP contribution in [0.15, 0.2) is 25.4 Å². The van der Waals surface area contributed by atoms with E-state index >= 15 is 0 Å². The van der Waals surface area contributed by atoms with E-state index in [1.165, 1.54) is 99.8 Å². The SMILES string of the molecule is ClCCCCCSC1=C(SCCCCCCl)SC(=C2SC(SCCCCCCl)=C(SCCCCCCl)S2)S1. The molecule has 220 valence electrons. The van der Waals surface area contributed by atoms with Crippen molar-refractivity contribution in [3.63, 3.8) is 0 Å². The second-order valence-corrected chi connectivity index (χ2v) is 20.1. The molecule has 0 nitrogen and oxygen atoms in total. The maximum Gasteiger partial charge on any atom is 0.0717 e. The lowest BCUT2D eigenvalue weighted by Gasteiger charge is -2.05. The molecule has 0 aliphatic carbocycles. The van der Waals surface area contributed by atoms with Gasteiger partial charge in [0.15, 0.2) is 0 Å². The molecule has 2 aliphatic rings. The lowest BCUT2D eigenvalue weighted by molar-refractivity contribution is 0.783. The summed E-state index contributed by atoms with van der Waals surface area (Å²) in [6, 6.07) is 0. The summed E-state index contributed by atoms with van der Waals surface area (Å²) in [6.07, 6.45) is 14.4. The molecule has 0 fully saturated rings. The molecule has 0 aromatic carbocycles. The van der Waals surface area contributed by atoms with Crippen LogP contribution in [0.3, 0.4) is 0 Å². The highest BCUT2D eigenvalue weighted by molar-refractivity contribution is 8.45. The van der Waals surface area contributed by atoms with Crippen molar-refractivity contribution in [3.05, 3.63) is 25.4 Å². The average molecular weight is 751 g/mol. The van der Waals surface area contributed by atoms with Crippen LogP contribution in [-0.2, 0) is 0 Å². The largest absolute Gasteiger partial charge is 0.127 e. The molecule has 0 aromatic heterocycles. The van der Waals surface area contributed by atoms with Crippen molar-refractivity contribution in [1.29, 1.82) is 0 Å². The Hall–Kier alpha value is 3.18. The first-order valence-electron chi connectivity index (χ1n) is 13.4. The van der Waals surface area contributed by atoms with Gasteiger partial charge in [-0.2, -0.15) is 0 Å². The fourth-order valence-electron chi connectivity index (χ4n) is 3.22. The highest BCUT2D eigenvalue weighted by Crippen LogP contribution is 2.66. The fraction of sp³-hybridized carbons (Fsp3) is 0.769. The van der Waals surface area contributed by atoms with Gasteiger partial charge in [0, 0.05) is 23.5 Å². The standard InChI is InChI=1S/C26H40Cl4S8/c27-13-5-1-9-17-31-21-22(32-18-10-2-6-14-28)36-25(35-21)26-37-23(33-19-11-3-7-15-29)24(38-26)34-20-12-4-8-16-30/h1-20H2. The summed E-state index contributed by atoms with van der Waals surface area (Å²) in [5.74, 6) is 7.85. The van der Waals surface area contributed by atoms with Gasteiger partial charge >= 0.3 is 0 Å². The van der Waals surface area contributed by atoms with E-state index < -0.39 is 0 Å². The van der Waals surface area contributed by atoms with E-state index in [1.807, 2.05) is 47.0 Å². The number of unbranched alkanes of at least 4 members (excludes halogenated alkanes) is 8. The third-order valence-corrected chi connectivity index (χ3v) is 18.3. The van der Waals surface area contributed by atoms with Gasteiger partial charge in [-0.3, -0.25) is 0 Å². The molecule has 2 rings (SSSR count). The molecular weight excluding hydrogens is 711 g/mol. The van der Waals surface area contributed by atoms with Crippen molar-refractivity contribution in [2.45, 2.75) is 77.0 Å². The van der Waals surface area contributed by atoms with Crippen LogP contribution < -0.4 is 0 Å². The van der Waals surface area contributed by atoms with Gasteiger partial charge in [-0.25, -0.2) is 0 Å². The van der Waals surface area contributed by atoms with Gasteiger partial charge in [0.25, 0.3) is 0 Å². The molecule has 0 spiro atoms. The normalized spacial score (nSPS) is 16.1. The van der Waals surface area contributed by atoms with E-state index in [2.05, 4.69) is 47.0 Å². The molecule has 38 heavy (non-hydrogen) atoms. The van der Waals surface area contributed by atoms with Gasteiger partial charge < -0.3 is 0 Å². The Kier molecular flexibility index (Phi) is 25.1. The molecule has 0 saturated carbocycles. The Labute approximate surface area is 286 Å². The molecule has 0 saturated heterocycles. The third-order valence-electron chi connectivity index (χ3n) is 5.29. The Morgan fingerprint density at radius 3 is 0.789 bits per heavy atom. The number of thioether (sulfide) groups is 8. The van der Waals surface area contributed by atoms with E-state index in [1.54, 1.807) is 0 Å². The first-order valence-corrected chi connectivity index (χ1v) is 22.8. The molecule has 0 radical (unpaired) electrons. The Morgan fingerprint density at radius 1 is 0.342 bits per heavy atom. The van der Waals surface area contributed by atoms with E-state index in [9.17, 15) is 0 Å². The molecule has 0 amide bonds. The van der Waals surface area contributed by atoms with Gasteiger partial charge in [0.05, 0.1) is 25.4 Å². The van der Waals surface area contributed by atoms with Crippen LogP contribution >= 0.6 is 140 Å². The van der Waals surface area contributed by atoms with Crippen LogP contribution in [0.2, 0.25) is 0 Å². The van der Waals surface area contributed by atoms with Crippen molar-refractivity contribution < 1.29 is 0 Å². The highest BCUT2D eigenvalue weighted by atomic mass is 35.5. The van der Waals surface area contributed by atoms with Crippen LogP contribution in [-0.4, -0.2) is 46.5 Å². The summed E-state index contributed by atoms with van der Waals surface area (Å²) in [5, 5.41) is 0. The minimum absolute atomic E-state index is 0.777. The predicted octanol–water partition coefficient (Wildman–Crippen LogP) is 13.9. The molecule has 0 aromatic rings. The van der Waals surface area contributed by atoms with Crippen molar-refractivity contribution in [2.75, 3.05) is 46.5 Å². The number of hydrogen-bond donors (Lipinski definition) is 0. The Bertz CT molecular complexity index is 629. The van der Waals surface area contributed by atoms with Crippen LogP contribution in [0.5, 0.6) is 0 Å². The van der Waals surface area contributed by atoms with Crippen LogP contribution in [0.4, 0.5) is 0 Å². The molecule has 0 bridgehead atoms. The van der Waals surface area contributed by atoms with Crippen molar-refractivity contribution in [1.82, 2.24) is 0 Å². The quantitative estimate of drug-likeness (QED) is 0.0698. The van der Waals surface area contributed by atoms with Gasteiger partial charge in [-0.05, 0) is 74.4 Å². The maximum atomic E-state index is 5.88. The highest BCUT2D eigenvalue weighted by Gasteiger charge is 2.30. The first kappa shape index (κ1) is 37.4. The Morgan fingerprint density at radius 2 is 0.579 bits per heavy atom. The molecule has 0 N–H and O–H groups in total. The van der Waals surface area contributed by atoms with Gasteiger partial charge in [-0.15, -0.1) is 93.5 Å². The molecule has 0 unspecified atom stereocenters. The summed E-state index contributed by atoms with van der Waals surface area (Å²) in [7, 11) is 0. The summed E-state index contributed by atoms with van der Waals surface area (Å²) in [5.41, 5.74) is 0. The van der Waals surface area contributed by atoms with Crippen LogP contribution in [0.1, 0.15) is 77.0 Å². The number of hydrogen-bond acceptors (Lipinski definition) is 8. The van der Waals surface area contributed by atoms with Crippen molar-refractivity contribution >= 4 is 140 Å². The molecule has 12 heteroatoms. The third kappa shape index (κ3) is 16.3. The number of halogens is 4. The Balaban J connectivity index is 2.00. The van der Waals surface area contributed by atoms with E-state index in [-0.39, 0.29) is 0 Å². The zero-order chi connectivity index (χ0) is 27.3. The second kappa shape index (κ2) is 25.5. The van der Waals surface area contributed by atoms with Gasteiger partial charge in [0.2, 0.25) is 0 Å². The zero-order valence-corrected chi connectivity index (χ0v) is 31.5. The van der Waals surface area contributed by atoms with E-state index in [4.69, 9.17) is 46.4 Å². The monoisotopic (exact) mass is 748 g/mol. The van der Waals surface area contributed by atoms with Gasteiger partial charge in [0.1, 0.15) is 0 Å². The smallest absolute Gasteiger partial charge is 0.0717 e. The molecule has 2 aliphatic heterocycles. The summed E-state index contributed by atoms with van der Waals surface area (Å²) in [6.45, 7) is 0. The first-order chi connectivity index (χ1) is 18.7. The van der Waals surface area contributed by atoms with Crippen molar-refractivity contribution in [3.8, 4) is 0 Å². The van der Waals surface area contributed by atoms with Crippen LogP contribution in [0.25, 0.3) is 0 Å². The summed E-state index contributed by atoms with van der Waals surface area (Å²) >= 11 is 39.9. The lowest BCUT2D eigenvalue weighted by Crippen LogP contribution is -1.84. The van der Waals surface area contributed by atoms with E-state index in [0.29, 0.717) is 0 Å².